The van der Waals surface area contributed by atoms with Crippen molar-refractivity contribution >= 4 is 16.9 Å². The fourth-order valence-corrected chi connectivity index (χ4v) is 4.30. The van der Waals surface area contributed by atoms with Crippen molar-refractivity contribution in [1.82, 2.24) is 4.90 Å². The minimum absolute atomic E-state index is 0.261. The van der Waals surface area contributed by atoms with Crippen LogP contribution in [0.5, 0.6) is 23.0 Å². The highest BCUT2D eigenvalue weighted by Gasteiger charge is 2.29. The first-order chi connectivity index (χ1) is 15.1. The third-order valence-electron chi connectivity index (χ3n) is 6.01. The maximum atomic E-state index is 12.7. The smallest absolute Gasteiger partial charge is 0.415 e. The van der Waals surface area contributed by atoms with Crippen LogP contribution < -0.4 is 23.5 Å². The molecule has 0 aliphatic carbocycles. The zero-order valence-corrected chi connectivity index (χ0v) is 17.9. The van der Waals surface area contributed by atoms with E-state index in [1.807, 2.05) is 32.2 Å². The number of fused-ring (bicyclic) bond motifs is 5. The average molecular weight is 421 g/mol. The first kappa shape index (κ1) is 19.5. The predicted octanol–water partition coefficient (Wildman–Crippen LogP) is 3.93. The number of ether oxygens (including phenoxy) is 4. The SMILES string of the molecule is CCN(CC)C(=O)Oc1c(OC)ccc2cc3[n+](cc12)CCc1cc2c(cc1-3)OCO2. The summed E-state index contributed by atoms with van der Waals surface area (Å²) < 4.78 is 24.7. The molecule has 0 atom stereocenters. The second kappa shape index (κ2) is 7.65. The molecule has 2 aromatic carbocycles. The second-order valence-corrected chi connectivity index (χ2v) is 7.60. The highest BCUT2D eigenvalue weighted by molar-refractivity contribution is 5.93. The van der Waals surface area contributed by atoms with Crippen LogP contribution in [0.3, 0.4) is 0 Å². The summed E-state index contributed by atoms with van der Waals surface area (Å²) in [6.07, 6.45) is 2.55. The van der Waals surface area contributed by atoms with Gasteiger partial charge in [-0.1, -0.05) is 0 Å². The van der Waals surface area contributed by atoms with Crippen LogP contribution >= 0.6 is 0 Å². The zero-order chi connectivity index (χ0) is 21.5. The van der Waals surface area contributed by atoms with Gasteiger partial charge >= 0.3 is 6.09 Å². The van der Waals surface area contributed by atoms with E-state index in [1.165, 1.54) is 5.56 Å². The number of benzene rings is 2. The molecule has 0 N–H and O–H groups in total. The van der Waals surface area contributed by atoms with Gasteiger partial charge in [-0.25, -0.2) is 4.79 Å². The minimum Gasteiger partial charge on any atom is -0.493 e. The molecule has 0 radical (unpaired) electrons. The summed E-state index contributed by atoms with van der Waals surface area (Å²) in [6, 6.07) is 10.1. The predicted molar refractivity (Wildman–Crippen MR) is 115 cm³/mol. The van der Waals surface area contributed by atoms with Gasteiger partial charge in [0.25, 0.3) is 0 Å². The Morgan fingerprint density at radius 1 is 1.13 bits per heavy atom. The molecule has 0 spiro atoms. The maximum absolute atomic E-state index is 12.7. The van der Waals surface area contributed by atoms with Gasteiger partial charge in [-0.05, 0) is 49.1 Å². The number of rotatable bonds is 4. The van der Waals surface area contributed by atoms with E-state index in [0.29, 0.717) is 24.6 Å². The van der Waals surface area contributed by atoms with Gasteiger partial charge < -0.3 is 23.8 Å². The summed E-state index contributed by atoms with van der Waals surface area (Å²) in [5.74, 6) is 2.57. The zero-order valence-electron chi connectivity index (χ0n) is 17.9. The summed E-state index contributed by atoms with van der Waals surface area (Å²) in [5.41, 5.74) is 3.47. The number of nitrogens with zero attached hydrogens (tertiary/aromatic N) is 2. The summed E-state index contributed by atoms with van der Waals surface area (Å²) in [6.45, 7) is 6.11. The van der Waals surface area contributed by atoms with Crippen LogP contribution in [0.1, 0.15) is 19.4 Å². The third-order valence-corrected chi connectivity index (χ3v) is 6.01. The number of amides is 1. The Kier molecular flexibility index (Phi) is 4.81. The Hall–Kier alpha value is -3.48. The second-order valence-electron chi connectivity index (χ2n) is 7.60. The Balaban J connectivity index is 1.63. The molecule has 7 nitrogen and oxygen atoms in total. The van der Waals surface area contributed by atoms with E-state index in [-0.39, 0.29) is 12.9 Å². The van der Waals surface area contributed by atoms with Crippen LogP contribution in [0.15, 0.2) is 36.5 Å². The number of hydrogen-bond acceptors (Lipinski definition) is 5. The van der Waals surface area contributed by atoms with Crippen LogP contribution in [0.2, 0.25) is 0 Å². The van der Waals surface area contributed by atoms with Gasteiger partial charge in [0.1, 0.15) is 0 Å². The first-order valence-corrected chi connectivity index (χ1v) is 10.6. The van der Waals surface area contributed by atoms with Gasteiger partial charge in [0.2, 0.25) is 12.5 Å². The standard InChI is InChI=1S/C24H25N2O5/c1-4-25(5-2)24(27)31-23-18-13-26-9-8-16-11-21-22(30-14-29-21)12-17(16)19(26)10-15(18)6-7-20(23)28-3/h6-7,10-13H,4-5,8-9,14H2,1-3H3/q+1. The van der Waals surface area contributed by atoms with E-state index in [9.17, 15) is 4.79 Å². The molecular formula is C24H25N2O5+. The van der Waals surface area contributed by atoms with Crippen molar-refractivity contribution in [3.63, 3.8) is 0 Å². The normalized spacial score (nSPS) is 13.5. The summed E-state index contributed by atoms with van der Waals surface area (Å²) in [4.78, 5) is 14.3. The van der Waals surface area contributed by atoms with E-state index in [4.69, 9.17) is 18.9 Å². The van der Waals surface area contributed by atoms with Crippen molar-refractivity contribution in [2.24, 2.45) is 0 Å². The molecule has 0 unspecified atom stereocenters. The molecule has 5 rings (SSSR count). The number of carbonyl (C=O) groups excluding carboxylic acids is 1. The van der Waals surface area contributed by atoms with Gasteiger partial charge in [-0.3, -0.25) is 0 Å². The molecule has 3 heterocycles. The molecule has 1 amide bonds. The van der Waals surface area contributed by atoms with Crippen LogP contribution in [0, 0.1) is 0 Å². The lowest BCUT2D eigenvalue weighted by atomic mass is 9.95. The van der Waals surface area contributed by atoms with E-state index in [0.717, 1.165) is 46.5 Å². The molecule has 1 aromatic heterocycles. The van der Waals surface area contributed by atoms with Crippen molar-refractivity contribution < 1.29 is 28.3 Å². The molecule has 2 aliphatic rings. The van der Waals surface area contributed by atoms with Crippen molar-refractivity contribution in [1.29, 1.82) is 0 Å². The molecule has 7 heteroatoms. The Bertz CT molecular complexity index is 1190. The Morgan fingerprint density at radius 2 is 1.90 bits per heavy atom. The first-order valence-electron chi connectivity index (χ1n) is 10.6. The highest BCUT2D eigenvalue weighted by Crippen LogP contribution is 2.41. The largest absolute Gasteiger partial charge is 0.493 e. The van der Waals surface area contributed by atoms with E-state index in [1.54, 1.807) is 12.0 Å². The van der Waals surface area contributed by atoms with E-state index >= 15 is 0 Å². The van der Waals surface area contributed by atoms with Gasteiger partial charge in [-0.15, -0.1) is 0 Å². The Morgan fingerprint density at radius 3 is 2.65 bits per heavy atom. The number of aryl methyl sites for hydroxylation is 2. The monoisotopic (exact) mass is 421 g/mol. The lowest BCUT2D eigenvalue weighted by Gasteiger charge is -2.20. The van der Waals surface area contributed by atoms with Crippen molar-refractivity contribution in [3.05, 3.63) is 42.1 Å². The fraction of sp³-hybridized carbons (Fsp3) is 0.333. The molecule has 0 saturated carbocycles. The Labute approximate surface area is 180 Å². The van der Waals surface area contributed by atoms with Crippen LogP contribution in [-0.4, -0.2) is 38.0 Å². The summed E-state index contributed by atoms with van der Waals surface area (Å²) >= 11 is 0. The lowest BCUT2D eigenvalue weighted by molar-refractivity contribution is -0.686. The fourth-order valence-electron chi connectivity index (χ4n) is 4.30. The number of aromatic nitrogens is 1. The lowest BCUT2D eigenvalue weighted by Crippen LogP contribution is -2.40. The molecule has 0 fully saturated rings. The van der Waals surface area contributed by atoms with Crippen molar-refractivity contribution in [2.75, 3.05) is 27.0 Å². The molecule has 3 aromatic rings. The average Bonchev–Trinajstić information content (AvgIpc) is 3.25. The topological polar surface area (TPSA) is 61.1 Å². The maximum Gasteiger partial charge on any atom is 0.415 e. The summed E-state index contributed by atoms with van der Waals surface area (Å²) in [5, 5.41) is 1.81. The van der Waals surface area contributed by atoms with E-state index < -0.39 is 0 Å². The van der Waals surface area contributed by atoms with Crippen LogP contribution in [0.25, 0.3) is 22.0 Å². The molecule has 31 heavy (non-hydrogen) atoms. The van der Waals surface area contributed by atoms with Gasteiger partial charge in [0, 0.05) is 25.6 Å². The number of pyridine rings is 1. The molecule has 160 valence electrons. The number of carbonyl (C=O) groups is 1. The van der Waals surface area contributed by atoms with Crippen LogP contribution in [0.4, 0.5) is 4.79 Å². The summed E-state index contributed by atoms with van der Waals surface area (Å²) in [7, 11) is 1.58. The molecule has 0 saturated heterocycles. The van der Waals surface area contributed by atoms with E-state index in [2.05, 4.69) is 22.8 Å². The van der Waals surface area contributed by atoms with Crippen molar-refractivity contribution in [2.45, 2.75) is 26.8 Å². The number of hydrogen-bond donors (Lipinski definition) is 0. The van der Waals surface area contributed by atoms with Crippen LogP contribution in [-0.2, 0) is 13.0 Å². The van der Waals surface area contributed by atoms with Crippen molar-refractivity contribution in [3.8, 4) is 34.3 Å². The minimum atomic E-state index is -0.378. The molecule has 2 aliphatic heterocycles. The van der Waals surface area contributed by atoms with Gasteiger partial charge in [-0.2, -0.15) is 4.57 Å². The van der Waals surface area contributed by atoms with Gasteiger partial charge in [0.15, 0.2) is 35.7 Å². The molecular weight excluding hydrogens is 396 g/mol. The highest BCUT2D eigenvalue weighted by atomic mass is 16.7. The number of methoxy groups -OCH3 is 1. The third kappa shape index (κ3) is 3.21. The molecule has 0 bridgehead atoms. The quantitative estimate of drug-likeness (QED) is 0.598. The van der Waals surface area contributed by atoms with Gasteiger partial charge in [0.05, 0.1) is 18.1 Å².